The number of nitrogens with one attached hydrogen (secondary N) is 1. The highest BCUT2D eigenvalue weighted by atomic mass is 19.1. The van der Waals surface area contributed by atoms with Gasteiger partial charge in [-0.15, -0.1) is 0 Å². The first-order valence-electron chi connectivity index (χ1n) is 2.12. The van der Waals surface area contributed by atoms with Crippen LogP contribution in [-0.4, -0.2) is 11.3 Å². The lowest BCUT2D eigenvalue weighted by Crippen LogP contribution is -1.72. The van der Waals surface area contributed by atoms with Crippen LogP contribution in [0.1, 0.15) is 10.5 Å². The SMILES string of the molecule is O=Cc1cc(F)c[nH]1. The first-order valence-corrected chi connectivity index (χ1v) is 2.12. The van der Waals surface area contributed by atoms with Gasteiger partial charge in [0.1, 0.15) is 5.82 Å². The Morgan fingerprint density at radius 1 is 1.75 bits per heavy atom. The maximum Gasteiger partial charge on any atom is 0.166 e. The fourth-order valence-corrected chi connectivity index (χ4v) is 0.452. The normalized spacial score (nSPS) is 9.12. The van der Waals surface area contributed by atoms with E-state index in [1.807, 2.05) is 0 Å². The topological polar surface area (TPSA) is 32.9 Å². The lowest BCUT2D eigenvalue weighted by molar-refractivity contribution is 0.111. The lowest BCUT2D eigenvalue weighted by atomic mass is 10.5. The molecule has 0 saturated heterocycles. The molecule has 0 radical (unpaired) electrons. The Kier molecular flexibility index (Phi) is 1.12. The average Bonchev–Trinajstić information content (AvgIpc) is 2.14. The highest BCUT2D eigenvalue weighted by Crippen LogP contribution is 1.96. The Balaban J connectivity index is 3.00. The summed E-state index contributed by atoms with van der Waals surface area (Å²) < 4.78 is 11.9. The van der Waals surface area contributed by atoms with E-state index >= 15 is 0 Å². The Morgan fingerprint density at radius 3 is 2.75 bits per heavy atom. The molecule has 1 aromatic rings. The van der Waals surface area contributed by atoms with Gasteiger partial charge in [0.05, 0.1) is 5.69 Å². The third-order valence-corrected chi connectivity index (χ3v) is 0.797. The van der Waals surface area contributed by atoms with Crippen LogP contribution in [0.5, 0.6) is 0 Å². The second-order valence-electron chi connectivity index (χ2n) is 1.39. The number of halogens is 1. The van der Waals surface area contributed by atoms with E-state index in [-0.39, 0.29) is 5.69 Å². The number of hydrogen-bond acceptors (Lipinski definition) is 1. The van der Waals surface area contributed by atoms with Crippen molar-refractivity contribution >= 4 is 6.29 Å². The maximum absolute atomic E-state index is 11.9. The third kappa shape index (κ3) is 0.753. The molecule has 42 valence electrons. The summed E-state index contributed by atoms with van der Waals surface area (Å²) in [4.78, 5) is 12.2. The molecule has 0 aliphatic heterocycles. The van der Waals surface area contributed by atoms with Crippen molar-refractivity contribution in [2.45, 2.75) is 0 Å². The third-order valence-electron chi connectivity index (χ3n) is 0.797. The molecular formula is C5H4FNO. The van der Waals surface area contributed by atoms with Crippen molar-refractivity contribution < 1.29 is 9.18 Å². The number of aromatic amines is 1. The predicted octanol–water partition coefficient (Wildman–Crippen LogP) is 0.966. The molecule has 0 spiro atoms. The summed E-state index contributed by atoms with van der Waals surface area (Å²) in [5, 5.41) is 0. The lowest BCUT2D eigenvalue weighted by Gasteiger charge is -1.69. The summed E-state index contributed by atoms with van der Waals surface area (Å²) in [6.45, 7) is 0. The second-order valence-corrected chi connectivity index (χ2v) is 1.39. The van der Waals surface area contributed by atoms with Crippen molar-refractivity contribution in [3.05, 3.63) is 23.8 Å². The van der Waals surface area contributed by atoms with Crippen LogP contribution in [0.3, 0.4) is 0 Å². The van der Waals surface area contributed by atoms with Crippen LogP contribution in [0.2, 0.25) is 0 Å². The van der Waals surface area contributed by atoms with Gasteiger partial charge >= 0.3 is 0 Å². The number of carbonyl (C=O) groups is 1. The molecule has 0 atom stereocenters. The minimum Gasteiger partial charge on any atom is -0.356 e. The fraction of sp³-hybridized carbons (Fsp3) is 0. The Hall–Kier alpha value is -1.12. The van der Waals surface area contributed by atoms with E-state index in [9.17, 15) is 9.18 Å². The van der Waals surface area contributed by atoms with E-state index in [1.165, 1.54) is 0 Å². The van der Waals surface area contributed by atoms with Gasteiger partial charge < -0.3 is 4.98 Å². The molecule has 1 N–H and O–H groups in total. The molecule has 1 rings (SSSR count). The Morgan fingerprint density at radius 2 is 2.50 bits per heavy atom. The first-order chi connectivity index (χ1) is 3.83. The molecule has 8 heavy (non-hydrogen) atoms. The van der Waals surface area contributed by atoms with Crippen molar-refractivity contribution in [2.75, 3.05) is 0 Å². The van der Waals surface area contributed by atoms with Crippen molar-refractivity contribution in [2.24, 2.45) is 0 Å². The summed E-state index contributed by atoms with van der Waals surface area (Å²) in [6, 6.07) is 1.13. The predicted molar refractivity (Wildman–Crippen MR) is 26.1 cm³/mol. The van der Waals surface area contributed by atoms with Gasteiger partial charge in [-0.3, -0.25) is 4.79 Å². The van der Waals surface area contributed by atoms with Gasteiger partial charge in [-0.25, -0.2) is 4.39 Å². The van der Waals surface area contributed by atoms with Crippen molar-refractivity contribution in [1.29, 1.82) is 0 Å². The smallest absolute Gasteiger partial charge is 0.166 e. The van der Waals surface area contributed by atoms with Crippen molar-refractivity contribution in [3.8, 4) is 0 Å². The van der Waals surface area contributed by atoms with Gasteiger partial charge in [0.2, 0.25) is 0 Å². The molecule has 2 nitrogen and oxygen atoms in total. The van der Waals surface area contributed by atoms with Gasteiger partial charge in [-0.2, -0.15) is 0 Å². The van der Waals surface area contributed by atoms with Crippen LogP contribution in [0, 0.1) is 5.82 Å². The number of hydrogen-bond donors (Lipinski definition) is 1. The minimum absolute atomic E-state index is 0.266. The molecular weight excluding hydrogens is 109 g/mol. The zero-order valence-electron chi connectivity index (χ0n) is 4.02. The summed E-state index contributed by atoms with van der Waals surface area (Å²) >= 11 is 0. The minimum atomic E-state index is -0.410. The van der Waals surface area contributed by atoms with Crippen LogP contribution in [0.4, 0.5) is 4.39 Å². The molecule has 1 heterocycles. The Labute approximate surface area is 45.3 Å². The number of aldehydes is 1. The fourth-order valence-electron chi connectivity index (χ4n) is 0.452. The highest BCUT2D eigenvalue weighted by molar-refractivity contribution is 5.71. The van der Waals surface area contributed by atoms with Crippen molar-refractivity contribution in [3.63, 3.8) is 0 Å². The molecule has 0 amide bonds. The molecule has 0 aliphatic carbocycles. The largest absolute Gasteiger partial charge is 0.356 e. The summed E-state index contributed by atoms with van der Waals surface area (Å²) in [5.74, 6) is -0.410. The number of carbonyl (C=O) groups excluding carboxylic acids is 1. The monoisotopic (exact) mass is 113 g/mol. The second kappa shape index (κ2) is 1.78. The van der Waals surface area contributed by atoms with E-state index in [2.05, 4.69) is 4.98 Å². The van der Waals surface area contributed by atoms with Gasteiger partial charge in [0.25, 0.3) is 0 Å². The van der Waals surface area contributed by atoms with E-state index in [0.717, 1.165) is 12.3 Å². The van der Waals surface area contributed by atoms with Gasteiger partial charge in [0, 0.05) is 12.3 Å². The molecule has 0 fully saturated rings. The zero-order chi connectivity index (χ0) is 5.98. The van der Waals surface area contributed by atoms with E-state index < -0.39 is 5.82 Å². The van der Waals surface area contributed by atoms with Crippen LogP contribution < -0.4 is 0 Å². The summed E-state index contributed by atoms with van der Waals surface area (Å²) in [7, 11) is 0. The summed E-state index contributed by atoms with van der Waals surface area (Å²) in [5.41, 5.74) is 0.266. The first kappa shape index (κ1) is 5.03. The molecule has 3 heteroatoms. The number of aromatic nitrogens is 1. The van der Waals surface area contributed by atoms with Crippen molar-refractivity contribution in [1.82, 2.24) is 4.98 Å². The number of rotatable bonds is 1. The molecule has 0 bridgehead atoms. The van der Waals surface area contributed by atoms with Gasteiger partial charge in [0.15, 0.2) is 6.29 Å². The number of H-pyrrole nitrogens is 1. The molecule has 0 unspecified atom stereocenters. The molecule has 0 saturated carbocycles. The average molecular weight is 113 g/mol. The van der Waals surface area contributed by atoms with Gasteiger partial charge in [-0.05, 0) is 0 Å². The van der Waals surface area contributed by atoms with Gasteiger partial charge in [-0.1, -0.05) is 0 Å². The van der Waals surface area contributed by atoms with Crippen LogP contribution in [0.15, 0.2) is 12.3 Å². The highest BCUT2D eigenvalue weighted by Gasteiger charge is 1.92. The Bertz CT molecular complexity index is 194. The molecule has 1 aromatic heterocycles. The maximum atomic E-state index is 11.9. The standard InChI is InChI=1S/C5H4FNO/c6-4-1-5(3-8)7-2-4/h1-3,7H. The molecule has 0 aromatic carbocycles. The quantitative estimate of drug-likeness (QED) is 0.540. The summed E-state index contributed by atoms with van der Waals surface area (Å²) in [6.07, 6.45) is 1.69. The van der Waals surface area contributed by atoms with E-state index in [1.54, 1.807) is 0 Å². The van der Waals surface area contributed by atoms with Crippen LogP contribution >= 0.6 is 0 Å². The van der Waals surface area contributed by atoms with E-state index in [4.69, 9.17) is 0 Å². The van der Waals surface area contributed by atoms with E-state index in [0.29, 0.717) is 6.29 Å². The molecule has 0 aliphatic rings. The zero-order valence-corrected chi connectivity index (χ0v) is 4.02. The van der Waals surface area contributed by atoms with Crippen LogP contribution in [-0.2, 0) is 0 Å². The van der Waals surface area contributed by atoms with Crippen LogP contribution in [0.25, 0.3) is 0 Å².